The van der Waals surface area contributed by atoms with Gasteiger partial charge in [-0.2, -0.15) is 0 Å². The molecular formula is C15H18F3N5O4S. The summed E-state index contributed by atoms with van der Waals surface area (Å²) in [5, 5.41) is 0. The molecule has 0 spiro atoms. The number of halogens is 3. The normalized spacial score (nSPS) is 24.4. The van der Waals surface area contributed by atoms with E-state index in [0.717, 1.165) is 21.3 Å². The van der Waals surface area contributed by atoms with Gasteiger partial charge in [-0.05, 0) is 25.8 Å². The minimum atomic E-state index is -4.19. The molecule has 1 aromatic carbocycles. The third-order valence-corrected chi connectivity index (χ3v) is 6.55. The second-order valence-electron chi connectivity index (χ2n) is 7.18. The first-order valence-corrected chi connectivity index (χ1v) is 9.90. The molecule has 4 rings (SSSR count). The van der Waals surface area contributed by atoms with Crippen LogP contribution >= 0.6 is 0 Å². The fraction of sp³-hybridized carbons (Fsp3) is 0.533. The van der Waals surface area contributed by atoms with E-state index in [1.54, 1.807) is 6.92 Å². The Kier molecular flexibility index (Phi) is 4.35. The second kappa shape index (κ2) is 6.29. The topological polar surface area (TPSA) is 106 Å². The van der Waals surface area contributed by atoms with Crippen molar-refractivity contribution in [2.45, 2.75) is 49.2 Å². The molecule has 154 valence electrons. The number of alkyl halides is 2. The SMILES string of the molecule is Cn1c(=O)n(C2NNC(C(F)F)O2)c2cc(S(=O)(=O)NC3(C)CC3)c(F)cc21. The predicted molar refractivity (Wildman–Crippen MR) is 91.3 cm³/mol. The monoisotopic (exact) mass is 421 g/mol. The molecule has 28 heavy (non-hydrogen) atoms. The Labute approximate surface area is 157 Å². The van der Waals surface area contributed by atoms with Gasteiger partial charge in [0.25, 0.3) is 6.43 Å². The Morgan fingerprint density at radius 1 is 1.29 bits per heavy atom. The summed E-state index contributed by atoms with van der Waals surface area (Å²) in [6.45, 7) is 1.70. The molecule has 1 aromatic heterocycles. The van der Waals surface area contributed by atoms with Crippen LogP contribution in [0.1, 0.15) is 26.1 Å². The second-order valence-corrected chi connectivity index (χ2v) is 8.83. The molecule has 1 aliphatic carbocycles. The highest BCUT2D eigenvalue weighted by atomic mass is 32.2. The maximum absolute atomic E-state index is 14.6. The Morgan fingerprint density at radius 2 is 1.96 bits per heavy atom. The van der Waals surface area contributed by atoms with Crippen molar-refractivity contribution in [3.63, 3.8) is 0 Å². The zero-order valence-corrected chi connectivity index (χ0v) is 15.7. The summed E-state index contributed by atoms with van der Waals surface area (Å²) in [4.78, 5) is 11.9. The highest BCUT2D eigenvalue weighted by Crippen LogP contribution is 2.36. The van der Waals surface area contributed by atoms with Gasteiger partial charge in [-0.1, -0.05) is 0 Å². The largest absolute Gasteiger partial charge is 0.332 e. The van der Waals surface area contributed by atoms with Crippen LogP contribution in [0.2, 0.25) is 0 Å². The van der Waals surface area contributed by atoms with Crippen LogP contribution < -0.4 is 21.3 Å². The molecule has 2 unspecified atom stereocenters. The van der Waals surface area contributed by atoms with E-state index >= 15 is 0 Å². The van der Waals surface area contributed by atoms with Crippen molar-refractivity contribution in [3.8, 4) is 0 Å². The Morgan fingerprint density at radius 3 is 2.54 bits per heavy atom. The molecule has 2 atom stereocenters. The van der Waals surface area contributed by atoms with E-state index in [2.05, 4.69) is 15.6 Å². The minimum absolute atomic E-state index is 0.0180. The van der Waals surface area contributed by atoms with Gasteiger partial charge in [0.05, 0.1) is 11.0 Å². The van der Waals surface area contributed by atoms with Crippen LogP contribution in [0, 0.1) is 5.82 Å². The van der Waals surface area contributed by atoms with Crippen LogP contribution in [-0.2, 0) is 21.8 Å². The summed E-state index contributed by atoms with van der Waals surface area (Å²) in [6, 6.07) is 1.92. The van der Waals surface area contributed by atoms with Gasteiger partial charge in [0, 0.05) is 18.7 Å². The van der Waals surface area contributed by atoms with E-state index in [9.17, 15) is 26.4 Å². The molecule has 0 bridgehead atoms. The van der Waals surface area contributed by atoms with E-state index < -0.39 is 51.0 Å². The lowest BCUT2D eigenvalue weighted by Gasteiger charge is -2.15. The number of imidazole rings is 1. The van der Waals surface area contributed by atoms with Gasteiger partial charge in [0.2, 0.25) is 16.4 Å². The number of aromatic nitrogens is 2. The number of fused-ring (bicyclic) bond motifs is 1. The number of nitrogens with zero attached hydrogens (tertiary/aromatic N) is 2. The minimum Gasteiger partial charge on any atom is -0.318 e. The Bertz CT molecular complexity index is 1110. The van der Waals surface area contributed by atoms with Crippen molar-refractivity contribution in [1.82, 2.24) is 24.7 Å². The molecule has 0 radical (unpaired) electrons. The van der Waals surface area contributed by atoms with E-state index in [0.29, 0.717) is 12.8 Å². The lowest BCUT2D eigenvalue weighted by molar-refractivity contribution is -0.0807. The van der Waals surface area contributed by atoms with Crippen molar-refractivity contribution >= 4 is 21.1 Å². The van der Waals surface area contributed by atoms with E-state index in [4.69, 9.17) is 4.74 Å². The van der Waals surface area contributed by atoms with Crippen molar-refractivity contribution in [2.24, 2.45) is 7.05 Å². The van der Waals surface area contributed by atoms with Crippen molar-refractivity contribution in [2.75, 3.05) is 0 Å². The van der Waals surface area contributed by atoms with Gasteiger partial charge < -0.3 is 4.74 Å². The molecule has 1 saturated carbocycles. The van der Waals surface area contributed by atoms with E-state index in [-0.39, 0.29) is 11.0 Å². The summed E-state index contributed by atoms with van der Waals surface area (Å²) in [5.41, 5.74) is 3.40. The number of hydrogen-bond donors (Lipinski definition) is 3. The average molecular weight is 421 g/mol. The van der Waals surface area contributed by atoms with Crippen LogP contribution in [0.5, 0.6) is 0 Å². The summed E-state index contributed by atoms with van der Waals surface area (Å²) >= 11 is 0. The molecule has 2 heterocycles. The average Bonchev–Trinajstić information content (AvgIpc) is 3.04. The van der Waals surface area contributed by atoms with Crippen molar-refractivity contribution < 1.29 is 26.3 Å². The first-order chi connectivity index (χ1) is 13.0. The number of sulfonamides is 1. The molecular weight excluding hydrogens is 403 g/mol. The molecule has 3 N–H and O–H groups in total. The number of hydrazine groups is 1. The molecule has 2 aliphatic rings. The molecule has 0 amide bonds. The number of benzene rings is 1. The van der Waals surface area contributed by atoms with Gasteiger partial charge in [-0.15, -0.1) is 0 Å². The fourth-order valence-corrected chi connectivity index (χ4v) is 4.62. The summed E-state index contributed by atoms with van der Waals surface area (Å²) < 4.78 is 75.0. The number of nitrogens with one attached hydrogen (secondary N) is 3. The van der Waals surface area contributed by atoms with Crippen molar-refractivity contribution in [1.29, 1.82) is 0 Å². The van der Waals surface area contributed by atoms with Crippen LogP contribution in [0.15, 0.2) is 21.8 Å². The van der Waals surface area contributed by atoms with Crippen LogP contribution in [-0.4, -0.2) is 35.7 Å². The number of ether oxygens (including phenoxy) is 1. The lowest BCUT2D eigenvalue weighted by atomic mass is 10.3. The summed E-state index contributed by atoms with van der Waals surface area (Å²) in [6.07, 6.45) is -4.59. The van der Waals surface area contributed by atoms with Gasteiger partial charge in [-0.3, -0.25) is 9.13 Å². The van der Waals surface area contributed by atoms with Crippen LogP contribution in [0.25, 0.3) is 11.0 Å². The van der Waals surface area contributed by atoms with Crippen LogP contribution in [0.4, 0.5) is 13.2 Å². The zero-order valence-electron chi connectivity index (χ0n) is 14.9. The first kappa shape index (κ1) is 19.4. The van der Waals surface area contributed by atoms with Crippen LogP contribution in [0.3, 0.4) is 0 Å². The molecule has 1 saturated heterocycles. The summed E-state index contributed by atoms with van der Waals surface area (Å²) in [7, 11) is -2.84. The Balaban J connectivity index is 1.83. The van der Waals surface area contributed by atoms with Gasteiger partial charge in [0.1, 0.15) is 10.7 Å². The molecule has 13 heteroatoms. The van der Waals surface area contributed by atoms with Crippen molar-refractivity contribution in [3.05, 3.63) is 28.4 Å². The van der Waals surface area contributed by atoms with E-state index in [1.165, 1.54) is 7.05 Å². The first-order valence-electron chi connectivity index (χ1n) is 8.41. The third-order valence-electron chi connectivity index (χ3n) is 4.90. The molecule has 1 aliphatic heterocycles. The molecule has 2 aromatic rings. The number of rotatable bonds is 5. The molecule has 9 nitrogen and oxygen atoms in total. The third kappa shape index (κ3) is 3.12. The number of aryl methyl sites for hydroxylation is 1. The highest BCUT2D eigenvalue weighted by molar-refractivity contribution is 7.89. The van der Waals surface area contributed by atoms with Gasteiger partial charge in [-0.25, -0.2) is 42.0 Å². The standard InChI is InChI=1S/C15H18F3N5O4S/c1-15(3-4-15)21-28(25,26)10-6-9-8(5-7(10)16)22(2)14(24)23(9)13-20-19-12(27-13)11(17)18/h5-6,11-13,19-21H,3-4H2,1-2H3. The summed E-state index contributed by atoms with van der Waals surface area (Å²) in [5.74, 6) is -1.03. The maximum atomic E-state index is 14.6. The predicted octanol–water partition coefficient (Wildman–Crippen LogP) is 0.482. The quantitative estimate of drug-likeness (QED) is 0.649. The van der Waals surface area contributed by atoms with E-state index in [1.807, 2.05) is 0 Å². The molecule has 2 fully saturated rings. The lowest BCUT2D eigenvalue weighted by Crippen LogP contribution is -2.37. The smallest absolute Gasteiger partial charge is 0.318 e. The zero-order chi connectivity index (χ0) is 20.4. The highest BCUT2D eigenvalue weighted by Gasteiger charge is 2.42. The Hall–Kier alpha value is -1.93. The van der Waals surface area contributed by atoms with Gasteiger partial charge in [0.15, 0.2) is 6.23 Å². The fourth-order valence-electron chi connectivity index (χ4n) is 3.07. The number of hydrogen-bond acceptors (Lipinski definition) is 6. The maximum Gasteiger partial charge on any atom is 0.332 e. The van der Waals surface area contributed by atoms with Gasteiger partial charge >= 0.3 is 5.69 Å².